The van der Waals surface area contributed by atoms with Crippen molar-refractivity contribution in [3.8, 4) is 0 Å². The third-order valence-electron chi connectivity index (χ3n) is 8.80. The van der Waals surface area contributed by atoms with E-state index in [4.69, 9.17) is 5.73 Å². The largest absolute Gasteiger partial charge is 0.465 e. The molecule has 0 aliphatic carbocycles. The number of hydrogen-bond acceptors (Lipinski definition) is 10. The average molecular weight is 631 g/mol. The van der Waals surface area contributed by atoms with Crippen molar-refractivity contribution in [2.45, 2.75) is 65.8 Å². The van der Waals surface area contributed by atoms with Crippen LogP contribution in [0.2, 0.25) is 0 Å². The van der Waals surface area contributed by atoms with Crippen LogP contribution in [0.3, 0.4) is 0 Å². The number of nitrogen functional groups attached to an aromatic ring is 1. The van der Waals surface area contributed by atoms with Gasteiger partial charge in [0.2, 0.25) is 0 Å². The number of nitro groups is 1. The van der Waals surface area contributed by atoms with Gasteiger partial charge in [0.05, 0.1) is 33.5 Å². The van der Waals surface area contributed by atoms with Gasteiger partial charge in [-0.05, 0) is 48.9 Å². The van der Waals surface area contributed by atoms with E-state index >= 15 is 0 Å². The number of aromatic nitrogens is 4. The molecule has 0 fully saturated rings. The van der Waals surface area contributed by atoms with Crippen LogP contribution in [0.4, 0.5) is 27.5 Å². The molecule has 4 aromatic rings. The molecule has 0 spiro atoms. The molecule has 0 aromatic carbocycles. The molecule has 1 unspecified atom stereocenters. The van der Waals surface area contributed by atoms with Gasteiger partial charge in [-0.15, -0.1) is 0 Å². The maximum absolute atomic E-state index is 12.6. The highest BCUT2D eigenvalue weighted by atomic mass is 16.6. The van der Waals surface area contributed by atoms with Crippen LogP contribution in [-0.2, 0) is 0 Å². The van der Waals surface area contributed by atoms with E-state index in [1.165, 1.54) is 11.1 Å². The van der Waals surface area contributed by atoms with Crippen molar-refractivity contribution in [2.75, 3.05) is 36.0 Å². The minimum Gasteiger partial charge on any atom is -0.465 e. The summed E-state index contributed by atoms with van der Waals surface area (Å²) in [5.41, 5.74) is 7.68. The molecular formula is C33H44N9O4. The highest BCUT2D eigenvalue weighted by Crippen LogP contribution is 2.51. The van der Waals surface area contributed by atoms with Crippen LogP contribution in [0, 0.1) is 27.9 Å². The summed E-state index contributed by atoms with van der Waals surface area (Å²) in [5, 5.41) is 29.4. The van der Waals surface area contributed by atoms with Gasteiger partial charge in [-0.3, -0.25) is 25.1 Å². The summed E-state index contributed by atoms with van der Waals surface area (Å²) in [4.78, 5) is 43.2. The molecule has 0 aliphatic rings. The van der Waals surface area contributed by atoms with Gasteiger partial charge in [0.1, 0.15) is 22.9 Å². The van der Waals surface area contributed by atoms with Gasteiger partial charge in [-0.2, -0.15) is 0 Å². The molecule has 46 heavy (non-hydrogen) atoms. The van der Waals surface area contributed by atoms with Gasteiger partial charge in [0.25, 0.3) is 0 Å². The third kappa shape index (κ3) is 6.87. The standard InChI is InChI=1S/C33H44N9O4/c1-7-14-33(31(2,3)4,40-29-25(42(45)46)20-39-24-13-11-17-37-28(24)29)32(5,6)21-41(30(43)44)18-9-8-15-35-26-22(34)19-38-23-12-10-16-36-27(23)26/h10-13,16-17,19-20H,1,7-9,14-15,18,21,34H2,2-6H3,(H,35,38)(H,39,40)(H,43,44). The molecule has 1 amide bonds. The Kier molecular flexibility index (Phi) is 10.1. The lowest BCUT2D eigenvalue weighted by molar-refractivity contribution is -0.384. The number of anilines is 3. The first-order valence-electron chi connectivity index (χ1n) is 15.4. The second-order valence-corrected chi connectivity index (χ2v) is 13.2. The number of hydrogen-bond donors (Lipinski definition) is 4. The highest BCUT2D eigenvalue weighted by Gasteiger charge is 2.54. The zero-order valence-electron chi connectivity index (χ0n) is 27.2. The molecule has 13 nitrogen and oxygen atoms in total. The van der Waals surface area contributed by atoms with Crippen LogP contribution in [0.15, 0.2) is 49.1 Å². The topological polar surface area (TPSA) is 185 Å². The van der Waals surface area contributed by atoms with E-state index in [2.05, 4.69) is 58.3 Å². The third-order valence-corrected chi connectivity index (χ3v) is 8.80. The molecule has 0 bridgehead atoms. The molecule has 0 aliphatic heterocycles. The second-order valence-electron chi connectivity index (χ2n) is 13.2. The number of rotatable bonds is 14. The Hall–Kier alpha value is -4.81. The first-order chi connectivity index (χ1) is 21.7. The fourth-order valence-corrected chi connectivity index (χ4v) is 6.61. The fourth-order valence-electron chi connectivity index (χ4n) is 6.61. The Balaban J connectivity index is 1.57. The number of amides is 1. The molecule has 245 valence electrons. The first kappa shape index (κ1) is 34.1. The Labute approximate surface area is 269 Å². The Morgan fingerprint density at radius 1 is 1.00 bits per heavy atom. The number of nitrogens with zero attached hydrogens (tertiary/aromatic N) is 6. The minimum atomic E-state index is -1.03. The number of nitrogens with two attached hydrogens (primary N) is 1. The van der Waals surface area contributed by atoms with Crippen molar-refractivity contribution in [1.29, 1.82) is 0 Å². The highest BCUT2D eigenvalue weighted by molar-refractivity contribution is 5.94. The summed E-state index contributed by atoms with van der Waals surface area (Å²) in [6.07, 6.45) is 7.39. The van der Waals surface area contributed by atoms with Gasteiger partial charge in [-0.25, -0.2) is 9.78 Å². The van der Waals surface area contributed by atoms with E-state index in [-0.39, 0.29) is 17.9 Å². The minimum absolute atomic E-state index is 0.177. The van der Waals surface area contributed by atoms with Gasteiger partial charge in [0, 0.05) is 43.0 Å². The summed E-state index contributed by atoms with van der Waals surface area (Å²) in [6.45, 7) is 15.4. The fraction of sp³-hybridized carbons (Fsp3) is 0.455. The van der Waals surface area contributed by atoms with Crippen molar-refractivity contribution in [3.63, 3.8) is 0 Å². The van der Waals surface area contributed by atoms with E-state index in [0.717, 1.165) is 5.52 Å². The predicted molar refractivity (Wildman–Crippen MR) is 182 cm³/mol. The summed E-state index contributed by atoms with van der Waals surface area (Å²) in [7, 11) is 0. The quantitative estimate of drug-likeness (QED) is 0.0654. The van der Waals surface area contributed by atoms with Crippen LogP contribution in [0.5, 0.6) is 0 Å². The second kappa shape index (κ2) is 13.7. The van der Waals surface area contributed by atoms with Crippen molar-refractivity contribution < 1.29 is 14.8 Å². The van der Waals surface area contributed by atoms with E-state index in [1.54, 1.807) is 30.7 Å². The zero-order chi connectivity index (χ0) is 33.7. The summed E-state index contributed by atoms with van der Waals surface area (Å²) >= 11 is 0. The zero-order valence-corrected chi connectivity index (χ0v) is 27.2. The molecule has 0 saturated carbocycles. The smallest absolute Gasteiger partial charge is 0.407 e. The average Bonchev–Trinajstić information content (AvgIpc) is 3.00. The van der Waals surface area contributed by atoms with E-state index in [9.17, 15) is 20.0 Å². The molecule has 4 heterocycles. The van der Waals surface area contributed by atoms with Crippen molar-refractivity contribution >= 4 is 50.9 Å². The summed E-state index contributed by atoms with van der Waals surface area (Å²) in [6, 6.07) is 7.17. The van der Waals surface area contributed by atoms with E-state index < -0.39 is 27.4 Å². The predicted octanol–water partition coefficient (Wildman–Crippen LogP) is 6.77. The summed E-state index contributed by atoms with van der Waals surface area (Å²) < 4.78 is 0. The van der Waals surface area contributed by atoms with Gasteiger partial charge < -0.3 is 26.4 Å². The van der Waals surface area contributed by atoms with Crippen LogP contribution < -0.4 is 16.4 Å². The lowest BCUT2D eigenvalue weighted by Crippen LogP contribution is -2.63. The maximum atomic E-state index is 12.6. The molecule has 5 N–H and O–H groups in total. The van der Waals surface area contributed by atoms with Crippen LogP contribution in [-0.4, -0.2) is 66.1 Å². The van der Waals surface area contributed by atoms with E-state index in [0.29, 0.717) is 66.7 Å². The van der Waals surface area contributed by atoms with E-state index in [1.807, 2.05) is 26.0 Å². The molecule has 1 radical (unpaired) electrons. The van der Waals surface area contributed by atoms with Crippen molar-refractivity contribution in [1.82, 2.24) is 24.8 Å². The number of carbonyl (C=O) groups is 1. The molecule has 0 saturated heterocycles. The van der Waals surface area contributed by atoms with Crippen LogP contribution >= 0.6 is 0 Å². The molecule has 4 rings (SSSR count). The van der Waals surface area contributed by atoms with Crippen LogP contribution in [0.25, 0.3) is 22.1 Å². The Morgan fingerprint density at radius 3 is 2.17 bits per heavy atom. The molecule has 1 atom stereocenters. The molecule has 4 aromatic heterocycles. The van der Waals surface area contributed by atoms with Gasteiger partial charge in [-0.1, -0.05) is 48.0 Å². The lowest BCUT2D eigenvalue weighted by Gasteiger charge is -2.57. The normalized spacial score (nSPS) is 13.3. The van der Waals surface area contributed by atoms with Crippen molar-refractivity contribution in [3.05, 3.63) is 66.1 Å². The lowest BCUT2D eigenvalue weighted by atomic mass is 9.57. The summed E-state index contributed by atoms with van der Waals surface area (Å²) in [5.74, 6) is 0. The molecular weight excluding hydrogens is 586 g/mol. The monoisotopic (exact) mass is 630 g/mol. The maximum Gasteiger partial charge on any atom is 0.407 e. The van der Waals surface area contributed by atoms with Gasteiger partial charge >= 0.3 is 11.8 Å². The number of nitrogens with one attached hydrogen (secondary N) is 2. The number of unbranched alkanes of at least 4 members (excludes halogenated alkanes) is 1. The van der Waals surface area contributed by atoms with Crippen molar-refractivity contribution in [2.24, 2.45) is 10.8 Å². The number of fused-ring (bicyclic) bond motifs is 2. The number of pyridine rings is 4. The molecule has 13 heteroatoms. The Morgan fingerprint density at radius 2 is 1.61 bits per heavy atom. The first-order valence-corrected chi connectivity index (χ1v) is 15.4. The van der Waals surface area contributed by atoms with Crippen LogP contribution in [0.1, 0.15) is 60.3 Å². The SMILES string of the molecule is [CH2]CCC(Nc1c([N+](=O)[O-])cnc2cccnc12)(C(C)(C)C)C(C)(C)CN(CCCCNc1c(N)cnc2cccnc12)C(=O)O. The van der Waals surface area contributed by atoms with Gasteiger partial charge in [0.15, 0.2) is 0 Å². The number of carboxylic acid groups (broad SMARTS) is 1. The Bertz CT molecular complexity index is 1710.